The average Bonchev–Trinajstić information content (AvgIpc) is 2.47. The number of nitrogens with one attached hydrogen (secondary N) is 1. The van der Waals surface area contributed by atoms with Crippen LogP contribution in [0, 0.1) is 0 Å². The van der Waals surface area contributed by atoms with E-state index in [0.717, 1.165) is 18.5 Å². The van der Waals surface area contributed by atoms with Gasteiger partial charge in [0.2, 0.25) is 0 Å². The van der Waals surface area contributed by atoms with E-state index >= 15 is 0 Å². The number of amidine groups is 1. The SMILES string of the molecule is CCCc1cc(=O)[nH]c(Sc2cnc(C(N)=NO)cn2)n1. The van der Waals surface area contributed by atoms with Crippen LogP contribution >= 0.6 is 11.8 Å². The smallest absolute Gasteiger partial charge is 0.251 e. The van der Waals surface area contributed by atoms with E-state index in [1.807, 2.05) is 6.92 Å². The Hall–Kier alpha value is -2.42. The van der Waals surface area contributed by atoms with Gasteiger partial charge in [0.15, 0.2) is 11.0 Å². The van der Waals surface area contributed by atoms with Crippen LogP contribution in [-0.2, 0) is 6.42 Å². The molecule has 0 fully saturated rings. The van der Waals surface area contributed by atoms with Crippen LogP contribution in [0.5, 0.6) is 0 Å². The number of aryl methyl sites for hydroxylation is 1. The van der Waals surface area contributed by atoms with Crippen LogP contribution in [-0.4, -0.2) is 31.0 Å². The average molecular weight is 306 g/mol. The Morgan fingerprint density at radius 2 is 2.29 bits per heavy atom. The zero-order valence-electron chi connectivity index (χ0n) is 11.3. The summed E-state index contributed by atoms with van der Waals surface area (Å²) in [4.78, 5) is 26.7. The summed E-state index contributed by atoms with van der Waals surface area (Å²) in [6, 6.07) is 1.49. The van der Waals surface area contributed by atoms with Crippen molar-refractivity contribution in [3.8, 4) is 0 Å². The summed E-state index contributed by atoms with van der Waals surface area (Å²) in [5.41, 5.74) is 6.21. The Balaban J connectivity index is 2.20. The monoisotopic (exact) mass is 306 g/mol. The van der Waals surface area contributed by atoms with Crippen molar-refractivity contribution in [1.29, 1.82) is 0 Å². The molecule has 2 aromatic heterocycles. The van der Waals surface area contributed by atoms with Crippen molar-refractivity contribution in [2.45, 2.75) is 29.9 Å². The summed E-state index contributed by atoms with van der Waals surface area (Å²) < 4.78 is 0. The number of hydrogen-bond acceptors (Lipinski definition) is 7. The summed E-state index contributed by atoms with van der Waals surface area (Å²) in [7, 11) is 0. The van der Waals surface area contributed by atoms with Crippen molar-refractivity contribution >= 4 is 17.6 Å². The van der Waals surface area contributed by atoms with E-state index in [-0.39, 0.29) is 17.1 Å². The molecular formula is C12H14N6O2S. The van der Waals surface area contributed by atoms with Gasteiger partial charge in [-0.3, -0.25) is 4.79 Å². The second-order valence-corrected chi connectivity index (χ2v) is 5.13. The van der Waals surface area contributed by atoms with Crippen LogP contribution in [0.25, 0.3) is 0 Å². The highest BCUT2D eigenvalue weighted by Gasteiger charge is 2.07. The minimum Gasteiger partial charge on any atom is -0.409 e. The zero-order valence-corrected chi connectivity index (χ0v) is 12.1. The van der Waals surface area contributed by atoms with Crippen molar-refractivity contribution in [3.63, 3.8) is 0 Å². The summed E-state index contributed by atoms with van der Waals surface area (Å²) in [5.74, 6) is -0.115. The molecule has 8 nitrogen and oxygen atoms in total. The van der Waals surface area contributed by atoms with E-state index in [4.69, 9.17) is 10.9 Å². The normalized spacial score (nSPS) is 11.6. The van der Waals surface area contributed by atoms with Crippen LogP contribution in [0.4, 0.5) is 0 Å². The van der Waals surface area contributed by atoms with Gasteiger partial charge in [0.05, 0.1) is 12.4 Å². The lowest BCUT2D eigenvalue weighted by Crippen LogP contribution is -2.15. The molecule has 0 radical (unpaired) electrons. The Kier molecular flexibility index (Phi) is 4.88. The minimum absolute atomic E-state index is 0.115. The zero-order chi connectivity index (χ0) is 15.2. The predicted octanol–water partition coefficient (Wildman–Crippen LogP) is 0.758. The highest BCUT2D eigenvalue weighted by atomic mass is 32.2. The van der Waals surface area contributed by atoms with Crippen molar-refractivity contribution in [3.05, 3.63) is 40.2 Å². The quantitative estimate of drug-likeness (QED) is 0.244. The molecule has 0 amide bonds. The van der Waals surface area contributed by atoms with Crippen molar-refractivity contribution in [1.82, 2.24) is 19.9 Å². The number of nitrogens with zero attached hydrogens (tertiary/aromatic N) is 4. The molecule has 2 rings (SSSR count). The fourth-order valence-corrected chi connectivity index (χ4v) is 2.29. The summed E-state index contributed by atoms with van der Waals surface area (Å²) in [6.45, 7) is 2.02. The second kappa shape index (κ2) is 6.84. The van der Waals surface area contributed by atoms with Gasteiger partial charge in [-0.2, -0.15) is 0 Å². The molecule has 0 unspecified atom stereocenters. The maximum absolute atomic E-state index is 11.6. The third-order valence-corrected chi connectivity index (χ3v) is 3.29. The molecule has 0 saturated heterocycles. The lowest BCUT2D eigenvalue weighted by molar-refractivity contribution is 0.318. The van der Waals surface area contributed by atoms with Gasteiger partial charge in [0.25, 0.3) is 5.56 Å². The molecule has 0 atom stereocenters. The van der Waals surface area contributed by atoms with E-state index < -0.39 is 0 Å². The van der Waals surface area contributed by atoms with Crippen molar-refractivity contribution < 1.29 is 5.21 Å². The van der Waals surface area contributed by atoms with Crippen LogP contribution in [0.1, 0.15) is 24.7 Å². The molecule has 0 bridgehead atoms. The summed E-state index contributed by atoms with van der Waals surface area (Å²) in [5, 5.41) is 12.4. The van der Waals surface area contributed by atoms with E-state index in [1.54, 1.807) is 0 Å². The van der Waals surface area contributed by atoms with Gasteiger partial charge in [-0.15, -0.1) is 0 Å². The highest BCUT2D eigenvalue weighted by Crippen LogP contribution is 2.20. The van der Waals surface area contributed by atoms with Crippen LogP contribution in [0.3, 0.4) is 0 Å². The molecule has 0 aliphatic heterocycles. The maximum Gasteiger partial charge on any atom is 0.251 e. The number of hydrogen-bond donors (Lipinski definition) is 3. The third kappa shape index (κ3) is 4.02. The fourth-order valence-electron chi connectivity index (χ4n) is 1.57. The molecule has 0 saturated carbocycles. The Morgan fingerprint density at radius 3 is 2.90 bits per heavy atom. The first-order chi connectivity index (χ1) is 10.1. The molecule has 2 aromatic rings. The van der Waals surface area contributed by atoms with E-state index in [9.17, 15) is 4.79 Å². The lowest BCUT2D eigenvalue weighted by atomic mass is 10.2. The number of oxime groups is 1. The maximum atomic E-state index is 11.6. The van der Waals surface area contributed by atoms with E-state index in [2.05, 4.69) is 25.1 Å². The Labute approximate surface area is 124 Å². The van der Waals surface area contributed by atoms with Crippen LogP contribution in [0.15, 0.2) is 38.6 Å². The molecule has 0 aromatic carbocycles. The highest BCUT2D eigenvalue weighted by molar-refractivity contribution is 7.99. The van der Waals surface area contributed by atoms with Gasteiger partial charge >= 0.3 is 0 Å². The van der Waals surface area contributed by atoms with Crippen molar-refractivity contribution in [2.24, 2.45) is 10.9 Å². The fraction of sp³-hybridized carbons (Fsp3) is 0.250. The minimum atomic E-state index is -0.197. The molecule has 21 heavy (non-hydrogen) atoms. The van der Waals surface area contributed by atoms with Crippen LogP contribution in [0.2, 0.25) is 0 Å². The van der Waals surface area contributed by atoms with E-state index in [1.165, 1.54) is 30.2 Å². The third-order valence-electron chi connectivity index (χ3n) is 2.48. The largest absolute Gasteiger partial charge is 0.409 e. The van der Waals surface area contributed by atoms with Crippen molar-refractivity contribution in [2.75, 3.05) is 0 Å². The molecular weight excluding hydrogens is 292 g/mol. The molecule has 2 heterocycles. The Bertz CT molecular complexity index is 698. The topological polar surface area (TPSA) is 130 Å². The number of aromatic nitrogens is 4. The summed E-state index contributed by atoms with van der Waals surface area (Å²) >= 11 is 1.19. The predicted molar refractivity (Wildman–Crippen MR) is 77.5 cm³/mol. The second-order valence-electron chi connectivity index (χ2n) is 4.12. The van der Waals surface area contributed by atoms with Gasteiger partial charge in [-0.1, -0.05) is 18.5 Å². The number of rotatable bonds is 5. The standard InChI is InChI=1S/C12H14N6O2S/c1-2-3-7-4-9(19)17-12(16-7)21-10-6-14-8(5-15-10)11(13)18-20/h4-6,20H,2-3H2,1H3,(H2,13,18)(H,16,17,19). The summed E-state index contributed by atoms with van der Waals surface area (Å²) in [6.07, 6.45) is 4.50. The number of aromatic amines is 1. The molecule has 0 spiro atoms. The van der Waals surface area contributed by atoms with Gasteiger partial charge in [0, 0.05) is 11.8 Å². The molecule has 4 N–H and O–H groups in total. The van der Waals surface area contributed by atoms with E-state index in [0.29, 0.717) is 10.2 Å². The Morgan fingerprint density at radius 1 is 1.48 bits per heavy atom. The van der Waals surface area contributed by atoms with Gasteiger partial charge in [-0.25, -0.2) is 15.0 Å². The first kappa shape index (κ1) is 15.0. The first-order valence-electron chi connectivity index (χ1n) is 6.20. The molecule has 9 heteroatoms. The number of H-pyrrole nitrogens is 1. The molecule has 0 aliphatic carbocycles. The molecule has 0 aliphatic rings. The molecule has 110 valence electrons. The lowest BCUT2D eigenvalue weighted by Gasteiger charge is -2.03. The van der Waals surface area contributed by atoms with Gasteiger partial charge in [-0.05, 0) is 18.2 Å². The first-order valence-corrected chi connectivity index (χ1v) is 7.02. The van der Waals surface area contributed by atoms with Gasteiger partial charge in [0.1, 0.15) is 10.7 Å². The number of nitrogens with two attached hydrogens (primary N) is 1. The van der Waals surface area contributed by atoms with Gasteiger partial charge < -0.3 is 15.9 Å². The van der Waals surface area contributed by atoms with Crippen LogP contribution < -0.4 is 11.3 Å².